The lowest BCUT2D eigenvalue weighted by Gasteiger charge is -2.19. The first-order valence-electron chi connectivity index (χ1n) is 5.55. The van der Waals surface area contributed by atoms with Crippen molar-refractivity contribution in [3.05, 3.63) is 23.7 Å². The second kappa shape index (κ2) is 3.87. The maximum Gasteiger partial charge on any atom is 0.169 e. The van der Waals surface area contributed by atoms with Crippen LogP contribution >= 0.6 is 0 Å². The van der Waals surface area contributed by atoms with Gasteiger partial charge >= 0.3 is 0 Å². The molecule has 0 amide bonds. The molecule has 2 aromatic heterocycles. The molecule has 6 heteroatoms. The minimum atomic E-state index is -0.0736. The Kier molecular flexibility index (Phi) is 2.65. The molecule has 2 heterocycles. The van der Waals surface area contributed by atoms with Crippen LogP contribution in [-0.4, -0.2) is 24.8 Å². The van der Waals surface area contributed by atoms with Crippen molar-refractivity contribution < 1.29 is 0 Å². The maximum absolute atomic E-state index is 5.87. The van der Waals surface area contributed by atoms with E-state index in [4.69, 9.17) is 5.73 Å². The van der Waals surface area contributed by atoms with Crippen LogP contribution in [0.5, 0.6) is 0 Å². The standard InChI is InChI=1S/C11H18N6/c1-11(2,3)9-10(12)14-15-17(9)7-8-5-13-16(4)6-8/h5-6H,7,12H2,1-4H3. The third-order valence-electron chi connectivity index (χ3n) is 2.56. The van der Waals surface area contributed by atoms with Crippen molar-refractivity contribution in [1.82, 2.24) is 24.8 Å². The van der Waals surface area contributed by atoms with Gasteiger partial charge in [0, 0.05) is 24.2 Å². The summed E-state index contributed by atoms with van der Waals surface area (Å²) in [6.07, 6.45) is 3.79. The molecule has 0 radical (unpaired) electrons. The third-order valence-corrected chi connectivity index (χ3v) is 2.56. The van der Waals surface area contributed by atoms with E-state index >= 15 is 0 Å². The average Bonchev–Trinajstić information content (AvgIpc) is 2.73. The lowest BCUT2D eigenvalue weighted by Crippen LogP contribution is -2.20. The molecular formula is C11H18N6. The lowest BCUT2D eigenvalue weighted by molar-refractivity contribution is 0.502. The molecule has 0 atom stereocenters. The van der Waals surface area contributed by atoms with Gasteiger partial charge in [0.1, 0.15) is 0 Å². The van der Waals surface area contributed by atoms with Crippen molar-refractivity contribution in [3.63, 3.8) is 0 Å². The fourth-order valence-electron chi connectivity index (χ4n) is 1.93. The van der Waals surface area contributed by atoms with Gasteiger partial charge in [0.2, 0.25) is 0 Å². The zero-order valence-electron chi connectivity index (χ0n) is 10.7. The number of rotatable bonds is 2. The average molecular weight is 234 g/mol. The molecule has 0 unspecified atom stereocenters. The third kappa shape index (κ3) is 2.30. The zero-order chi connectivity index (χ0) is 12.6. The highest BCUT2D eigenvalue weighted by Gasteiger charge is 2.24. The summed E-state index contributed by atoms with van der Waals surface area (Å²) in [6.45, 7) is 6.94. The molecule has 0 saturated carbocycles. The number of aromatic nitrogens is 5. The second-order valence-electron chi connectivity index (χ2n) is 5.25. The number of hydrogen-bond acceptors (Lipinski definition) is 4. The molecule has 0 bridgehead atoms. The van der Waals surface area contributed by atoms with E-state index in [9.17, 15) is 0 Å². The molecule has 0 spiro atoms. The Morgan fingerprint density at radius 1 is 1.35 bits per heavy atom. The predicted octanol–water partition coefficient (Wildman–Crippen LogP) is 0.940. The first-order valence-corrected chi connectivity index (χ1v) is 5.55. The summed E-state index contributed by atoms with van der Waals surface area (Å²) in [7, 11) is 1.89. The van der Waals surface area contributed by atoms with Gasteiger partial charge in [0.25, 0.3) is 0 Å². The van der Waals surface area contributed by atoms with Crippen molar-refractivity contribution in [1.29, 1.82) is 0 Å². The molecule has 2 rings (SSSR count). The van der Waals surface area contributed by atoms with Crippen LogP contribution < -0.4 is 5.73 Å². The van der Waals surface area contributed by atoms with Gasteiger partial charge in [-0.1, -0.05) is 26.0 Å². The van der Waals surface area contributed by atoms with Crippen LogP contribution in [0.2, 0.25) is 0 Å². The predicted molar refractivity (Wildman–Crippen MR) is 65.4 cm³/mol. The topological polar surface area (TPSA) is 74.5 Å². The van der Waals surface area contributed by atoms with E-state index < -0.39 is 0 Å². The van der Waals surface area contributed by atoms with Crippen LogP contribution in [0.1, 0.15) is 32.0 Å². The Morgan fingerprint density at radius 2 is 2.06 bits per heavy atom. The molecule has 0 aliphatic heterocycles. The van der Waals surface area contributed by atoms with E-state index in [1.807, 2.05) is 24.1 Å². The molecule has 0 fully saturated rings. The quantitative estimate of drug-likeness (QED) is 0.839. The Morgan fingerprint density at radius 3 is 2.59 bits per heavy atom. The molecule has 0 aromatic carbocycles. The highest BCUT2D eigenvalue weighted by molar-refractivity contribution is 5.38. The highest BCUT2D eigenvalue weighted by Crippen LogP contribution is 2.26. The number of nitrogen functional groups attached to an aromatic ring is 1. The number of nitrogens with two attached hydrogens (primary N) is 1. The molecule has 2 aromatic rings. The largest absolute Gasteiger partial charge is 0.381 e. The summed E-state index contributed by atoms with van der Waals surface area (Å²) >= 11 is 0. The van der Waals surface area contributed by atoms with E-state index in [1.54, 1.807) is 4.68 Å². The molecule has 0 aliphatic carbocycles. The summed E-state index contributed by atoms with van der Waals surface area (Å²) in [5.74, 6) is 0.501. The van der Waals surface area contributed by atoms with Crippen LogP contribution in [0.25, 0.3) is 0 Å². The van der Waals surface area contributed by atoms with Crippen molar-refractivity contribution in [2.45, 2.75) is 32.7 Å². The van der Waals surface area contributed by atoms with Crippen LogP contribution in [0, 0.1) is 0 Å². The van der Waals surface area contributed by atoms with E-state index in [0.29, 0.717) is 12.4 Å². The van der Waals surface area contributed by atoms with Crippen molar-refractivity contribution >= 4 is 5.82 Å². The minimum absolute atomic E-state index is 0.0736. The number of aryl methyl sites for hydroxylation is 1. The van der Waals surface area contributed by atoms with Gasteiger partial charge in [0.15, 0.2) is 5.82 Å². The number of anilines is 1. The van der Waals surface area contributed by atoms with Crippen LogP contribution in [0.3, 0.4) is 0 Å². The Balaban J connectivity index is 2.34. The van der Waals surface area contributed by atoms with E-state index in [0.717, 1.165) is 11.3 Å². The van der Waals surface area contributed by atoms with Gasteiger partial charge in [-0.3, -0.25) is 4.68 Å². The van der Waals surface area contributed by atoms with Gasteiger partial charge in [-0.05, 0) is 0 Å². The summed E-state index contributed by atoms with van der Waals surface area (Å²) < 4.78 is 3.61. The maximum atomic E-state index is 5.87. The second-order valence-corrected chi connectivity index (χ2v) is 5.25. The van der Waals surface area contributed by atoms with Crippen LogP contribution in [-0.2, 0) is 19.0 Å². The van der Waals surface area contributed by atoms with E-state index in [1.165, 1.54) is 0 Å². The Hall–Kier alpha value is -1.85. The van der Waals surface area contributed by atoms with Gasteiger partial charge in [-0.15, -0.1) is 5.10 Å². The molecule has 0 saturated heterocycles. The van der Waals surface area contributed by atoms with E-state index in [2.05, 4.69) is 36.2 Å². The van der Waals surface area contributed by atoms with Gasteiger partial charge in [-0.25, -0.2) is 4.68 Å². The molecule has 92 valence electrons. The van der Waals surface area contributed by atoms with Crippen LogP contribution in [0.15, 0.2) is 12.4 Å². The summed E-state index contributed by atoms with van der Waals surface area (Å²) in [6, 6.07) is 0. The summed E-state index contributed by atoms with van der Waals surface area (Å²) in [5.41, 5.74) is 7.84. The molecule has 0 aliphatic rings. The Bertz CT molecular complexity index is 516. The normalized spacial score (nSPS) is 12.0. The number of hydrogen-bond donors (Lipinski definition) is 1. The smallest absolute Gasteiger partial charge is 0.169 e. The zero-order valence-corrected chi connectivity index (χ0v) is 10.7. The SMILES string of the molecule is Cn1cc(Cn2nnc(N)c2C(C)(C)C)cn1. The van der Waals surface area contributed by atoms with Crippen molar-refractivity contribution in [2.24, 2.45) is 7.05 Å². The van der Waals surface area contributed by atoms with E-state index in [-0.39, 0.29) is 5.41 Å². The monoisotopic (exact) mass is 234 g/mol. The Labute approximate surface area is 100 Å². The molecule has 2 N–H and O–H groups in total. The lowest BCUT2D eigenvalue weighted by atomic mass is 9.92. The van der Waals surface area contributed by atoms with Gasteiger partial charge in [0.05, 0.1) is 18.4 Å². The first kappa shape index (κ1) is 11.6. The first-order chi connectivity index (χ1) is 7.88. The van der Waals surface area contributed by atoms with Crippen molar-refractivity contribution in [3.8, 4) is 0 Å². The molecule has 6 nitrogen and oxygen atoms in total. The highest BCUT2D eigenvalue weighted by atomic mass is 15.4. The minimum Gasteiger partial charge on any atom is -0.381 e. The molecular weight excluding hydrogens is 216 g/mol. The summed E-state index contributed by atoms with van der Waals surface area (Å²) in [5, 5.41) is 12.2. The van der Waals surface area contributed by atoms with Crippen molar-refractivity contribution in [2.75, 3.05) is 5.73 Å². The fraction of sp³-hybridized carbons (Fsp3) is 0.545. The van der Waals surface area contributed by atoms with Gasteiger partial charge in [-0.2, -0.15) is 5.10 Å². The summed E-state index contributed by atoms with van der Waals surface area (Å²) in [4.78, 5) is 0. The fourth-order valence-corrected chi connectivity index (χ4v) is 1.93. The van der Waals surface area contributed by atoms with Gasteiger partial charge < -0.3 is 5.73 Å². The molecule has 17 heavy (non-hydrogen) atoms. The number of nitrogens with zero attached hydrogens (tertiary/aromatic N) is 5. The van der Waals surface area contributed by atoms with Crippen LogP contribution in [0.4, 0.5) is 5.82 Å².